The van der Waals surface area contributed by atoms with Crippen LogP contribution < -0.4 is 21.3 Å². The minimum absolute atomic E-state index is 0.0785. The summed E-state index contributed by atoms with van der Waals surface area (Å²) in [5.41, 5.74) is 0. The van der Waals surface area contributed by atoms with Crippen LogP contribution in [0, 0.1) is 0 Å². The van der Waals surface area contributed by atoms with E-state index in [-0.39, 0.29) is 39.3 Å². The van der Waals surface area contributed by atoms with Gasteiger partial charge in [0.1, 0.15) is 13.1 Å². The largest absolute Gasteiger partial charge is 0.480 e. The van der Waals surface area contributed by atoms with Crippen molar-refractivity contribution in [2.45, 2.75) is 6.17 Å². The number of aliphatic carboxylic acids is 3. The van der Waals surface area contributed by atoms with Crippen LogP contribution in [0.3, 0.4) is 0 Å². The highest BCUT2D eigenvalue weighted by Gasteiger charge is 2.16. The van der Waals surface area contributed by atoms with Crippen molar-refractivity contribution in [2.24, 2.45) is 0 Å². The molecule has 30 heavy (non-hydrogen) atoms. The van der Waals surface area contributed by atoms with Crippen LogP contribution in [0.4, 0.5) is 0 Å². The molecule has 2 amide bonds. The van der Waals surface area contributed by atoms with Gasteiger partial charge in [0.15, 0.2) is 6.17 Å². The number of nitrogens with zero attached hydrogens (tertiary/aromatic N) is 2. The van der Waals surface area contributed by atoms with E-state index in [4.69, 9.17) is 10.2 Å². The Bertz CT molecular complexity index is 558. The number of carboxylic acid groups (broad SMARTS) is 3. The highest BCUT2D eigenvalue weighted by atomic mass is 16.4. The molecule has 0 radical (unpaired) electrons. The molecule has 0 rings (SSSR count). The molecule has 0 aliphatic heterocycles. The Labute approximate surface area is 173 Å². The van der Waals surface area contributed by atoms with Crippen LogP contribution in [0.5, 0.6) is 0 Å². The van der Waals surface area contributed by atoms with Gasteiger partial charge >= 0.3 is 17.9 Å². The molecule has 0 aliphatic carbocycles. The lowest BCUT2D eigenvalue weighted by Gasteiger charge is -2.18. The number of likely N-dealkylation sites (N-methyl/N-ethyl adjacent to an activating group) is 2. The van der Waals surface area contributed by atoms with E-state index in [2.05, 4.69) is 21.3 Å². The van der Waals surface area contributed by atoms with Crippen LogP contribution in [-0.4, -0.2) is 127 Å². The first-order valence-corrected chi connectivity index (χ1v) is 9.07. The molecule has 0 unspecified atom stereocenters. The lowest BCUT2D eigenvalue weighted by molar-refractivity contribution is -0.143. The smallest absolute Gasteiger partial charge is 0.335 e. The van der Waals surface area contributed by atoms with Gasteiger partial charge in [-0.2, -0.15) is 0 Å². The monoisotopic (exact) mass is 434 g/mol. The van der Waals surface area contributed by atoms with Gasteiger partial charge in [-0.25, -0.2) is 4.79 Å². The molecule has 0 aromatic heterocycles. The number of carboxylic acids is 3. The Morgan fingerprint density at radius 3 is 1.37 bits per heavy atom. The average Bonchev–Trinajstić information content (AvgIpc) is 2.63. The predicted molar refractivity (Wildman–Crippen MR) is 104 cm³/mol. The van der Waals surface area contributed by atoms with Gasteiger partial charge in [-0.1, -0.05) is 0 Å². The Morgan fingerprint density at radius 2 is 1.07 bits per heavy atom. The predicted octanol–water partition coefficient (Wildman–Crippen LogP) is -4.16. The standard InChI is InChI=1S/C16H30N6O8/c1-21(9-13(25)26)11(23)7-17-3-5-19-15(16(29)30)20-6-4-18-8-12(24)22(2)10-14(27)28/h15,17-20H,3-10H2,1-2H3,(H,25,26)(H,27,28)(H,29,30). The highest BCUT2D eigenvalue weighted by Crippen LogP contribution is 1.85. The second-order valence-corrected chi connectivity index (χ2v) is 6.32. The summed E-state index contributed by atoms with van der Waals surface area (Å²) in [5.74, 6) is -4.17. The fraction of sp³-hybridized carbons (Fsp3) is 0.688. The summed E-state index contributed by atoms with van der Waals surface area (Å²) in [7, 11) is 2.74. The first-order valence-electron chi connectivity index (χ1n) is 9.07. The van der Waals surface area contributed by atoms with Gasteiger partial charge in [0.25, 0.3) is 0 Å². The molecule has 14 nitrogen and oxygen atoms in total. The fourth-order valence-electron chi connectivity index (χ4n) is 2.10. The Hall–Kier alpha value is -2.81. The molecule has 172 valence electrons. The number of rotatable bonds is 17. The molecular formula is C16H30N6O8. The molecule has 0 aliphatic rings. The van der Waals surface area contributed by atoms with E-state index in [1.165, 1.54) is 14.1 Å². The summed E-state index contributed by atoms with van der Waals surface area (Å²) in [6.07, 6.45) is -1.05. The zero-order valence-corrected chi connectivity index (χ0v) is 17.0. The normalized spacial score (nSPS) is 10.6. The van der Waals surface area contributed by atoms with Crippen molar-refractivity contribution in [3.8, 4) is 0 Å². The summed E-state index contributed by atoms with van der Waals surface area (Å²) >= 11 is 0. The molecule has 0 fully saturated rings. The van der Waals surface area contributed by atoms with Gasteiger partial charge in [0.05, 0.1) is 13.1 Å². The second-order valence-electron chi connectivity index (χ2n) is 6.32. The van der Waals surface area contributed by atoms with Crippen LogP contribution in [0.2, 0.25) is 0 Å². The average molecular weight is 434 g/mol. The van der Waals surface area contributed by atoms with Crippen molar-refractivity contribution in [3.05, 3.63) is 0 Å². The van der Waals surface area contributed by atoms with Crippen LogP contribution in [0.15, 0.2) is 0 Å². The van der Waals surface area contributed by atoms with Crippen molar-refractivity contribution in [1.29, 1.82) is 0 Å². The lowest BCUT2D eigenvalue weighted by Crippen LogP contribution is -2.52. The molecule has 0 heterocycles. The molecule has 0 aromatic rings. The fourth-order valence-corrected chi connectivity index (χ4v) is 2.10. The topological polar surface area (TPSA) is 201 Å². The van der Waals surface area contributed by atoms with Gasteiger partial charge in [0.2, 0.25) is 11.8 Å². The van der Waals surface area contributed by atoms with E-state index in [1.54, 1.807) is 0 Å². The zero-order chi connectivity index (χ0) is 23.1. The van der Waals surface area contributed by atoms with Gasteiger partial charge < -0.3 is 35.8 Å². The van der Waals surface area contributed by atoms with Crippen molar-refractivity contribution < 1.29 is 39.3 Å². The van der Waals surface area contributed by atoms with Gasteiger partial charge in [-0.15, -0.1) is 0 Å². The van der Waals surface area contributed by atoms with Crippen molar-refractivity contribution in [2.75, 3.05) is 66.5 Å². The molecule has 0 spiro atoms. The number of carbonyl (C=O) groups excluding carboxylic acids is 2. The molecule has 0 atom stereocenters. The van der Waals surface area contributed by atoms with E-state index in [9.17, 15) is 29.1 Å². The third kappa shape index (κ3) is 13.4. The van der Waals surface area contributed by atoms with Gasteiger partial charge in [-0.05, 0) is 0 Å². The summed E-state index contributed by atoms with van der Waals surface area (Å²) in [5, 5.41) is 37.4. The number of nitrogens with one attached hydrogen (secondary N) is 4. The Morgan fingerprint density at radius 1 is 0.700 bits per heavy atom. The van der Waals surface area contributed by atoms with Crippen molar-refractivity contribution in [3.63, 3.8) is 0 Å². The maximum absolute atomic E-state index is 11.6. The molecule has 0 aromatic carbocycles. The van der Waals surface area contributed by atoms with E-state index >= 15 is 0 Å². The molecular weight excluding hydrogens is 404 g/mol. The number of carbonyl (C=O) groups is 5. The highest BCUT2D eigenvalue weighted by molar-refractivity contribution is 5.83. The molecule has 0 bridgehead atoms. The van der Waals surface area contributed by atoms with Crippen LogP contribution in [0.25, 0.3) is 0 Å². The van der Waals surface area contributed by atoms with Crippen molar-refractivity contribution >= 4 is 29.7 Å². The minimum atomic E-state index is -1.13. The van der Waals surface area contributed by atoms with Gasteiger partial charge in [-0.3, -0.25) is 29.8 Å². The van der Waals surface area contributed by atoms with Crippen LogP contribution in [-0.2, 0) is 24.0 Å². The quantitative estimate of drug-likeness (QED) is 0.0862. The molecule has 0 saturated heterocycles. The summed E-state index contributed by atoms with van der Waals surface area (Å²) in [6.45, 7) is 0.0490. The molecule has 7 N–H and O–H groups in total. The minimum Gasteiger partial charge on any atom is -0.480 e. The third-order valence-electron chi connectivity index (χ3n) is 3.70. The lowest BCUT2D eigenvalue weighted by atomic mass is 10.4. The Balaban J connectivity index is 3.97. The summed E-state index contributed by atoms with van der Waals surface area (Å²) in [4.78, 5) is 57.7. The van der Waals surface area contributed by atoms with Crippen LogP contribution >= 0.6 is 0 Å². The number of hydrogen-bond acceptors (Lipinski definition) is 9. The summed E-state index contributed by atoms with van der Waals surface area (Å²) < 4.78 is 0. The van der Waals surface area contributed by atoms with E-state index in [0.717, 1.165) is 9.80 Å². The maximum atomic E-state index is 11.6. The van der Waals surface area contributed by atoms with Crippen LogP contribution in [0.1, 0.15) is 0 Å². The van der Waals surface area contributed by atoms with E-state index in [1.807, 2.05) is 0 Å². The third-order valence-corrected chi connectivity index (χ3v) is 3.70. The molecule has 14 heteroatoms. The van der Waals surface area contributed by atoms with E-state index in [0.29, 0.717) is 0 Å². The maximum Gasteiger partial charge on any atom is 0.335 e. The number of amides is 2. The molecule has 0 saturated carbocycles. The zero-order valence-electron chi connectivity index (χ0n) is 17.0. The Kier molecular flexibility index (Phi) is 13.7. The van der Waals surface area contributed by atoms with Gasteiger partial charge in [0, 0.05) is 40.3 Å². The number of hydrogen-bond donors (Lipinski definition) is 7. The summed E-state index contributed by atoms with van der Waals surface area (Å²) in [6, 6.07) is 0. The second kappa shape index (κ2) is 15.1. The first-order chi connectivity index (χ1) is 14.0. The van der Waals surface area contributed by atoms with Crippen molar-refractivity contribution in [1.82, 2.24) is 31.1 Å². The first kappa shape index (κ1) is 27.2. The SMILES string of the molecule is CN(CC(=O)O)C(=O)CNCCNC(NCCNCC(=O)N(C)CC(=O)O)C(=O)O. The van der Waals surface area contributed by atoms with E-state index < -0.39 is 49.0 Å².